The van der Waals surface area contributed by atoms with Crippen LogP contribution < -0.4 is 0 Å². The Balaban J connectivity index is 1.35. The monoisotopic (exact) mass is 602 g/mol. The van der Waals surface area contributed by atoms with E-state index in [1.54, 1.807) is 0 Å². The highest BCUT2D eigenvalue weighted by Gasteiger charge is 2.38. The maximum Gasteiger partial charge on any atom is 0.237 e. The predicted molar refractivity (Wildman–Crippen MR) is 154 cm³/mol. The van der Waals surface area contributed by atoms with Crippen molar-refractivity contribution in [1.82, 2.24) is 0 Å². The third kappa shape index (κ3) is 3.65. The molecule has 7 rings (SSSR count). The van der Waals surface area contributed by atoms with Gasteiger partial charge >= 0.3 is 0 Å². The van der Waals surface area contributed by atoms with Crippen LogP contribution >= 0.6 is 22.7 Å². The minimum absolute atomic E-state index is 0.0742. The maximum atomic E-state index is 14.3. The van der Waals surface area contributed by atoms with E-state index < -0.39 is 57.5 Å². The lowest BCUT2D eigenvalue weighted by atomic mass is 10.0. The first kappa shape index (κ1) is 26.4. The highest BCUT2D eigenvalue weighted by molar-refractivity contribution is 7.22. The highest BCUT2D eigenvalue weighted by atomic mass is 32.1. The highest BCUT2D eigenvalue weighted by Crippen LogP contribution is 2.44. The van der Waals surface area contributed by atoms with Gasteiger partial charge in [0.15, 0.2) is 0 Å². The van der Waals surface area contributed by atoms with Crippen LogP contribution in [-0.4, -0.2) is 23.1 Å². The Morgan fingerprint density at radius 2 is 0.929 bits per heavy atom. The number of allylic oxidation sites excluding steroid dienone is 2. The number of rotatable bonds is 2. The minimum atomic E-state index is -1.08. The van der Waals surface area contributed by atoms with E-state index in [2.05, 4.69) is 0 Å². The van der Waals surface area contributed by atoms with E-state index in [0.29, 0.717) is 21.9 Å². The van der Waals surface area contributed by atoms with E-state index in [1.807, 2.05) is 26.0 Å². The number of ketones is 4. The summed E-state index contributed by atoms with van der Waals surface area (Å²) in [6.45, 7) is 3.80. The summed E-state index contributed by atoms with van der Waals surface area (Å²) in [6.07, 6.45) is 2.94. The van der Waals surface area contributed by atoms with Crippen molar-refractivity contribution in [2.75, 3.05) is 0 Å². The third-order valence-electron chi connectivity index (χ3n) is 7.61. The van der Waals surface area contributed by atoms with Gasteiger partial charge in [-0.25, -0.2) is 17.6 Å². The Morgan fingerprint density at radius 3 is 1.31 bits per heavy atom. The molecule has 2 heterocycles. The minimum Gasteiger partial charge on any atom is -0.285 e. The van der Waals surface area contributed by atoms with Crippen LogP contribution in [0, 0.1) is 37.1 Å². The van der Waals surface area contributed by atoms with E-state index in [1.165, 1.54) is 34.8 Å². The summed E-state index contributed by atoms with van der Waals surface area (Å²) in [5.41, 5.74) is 0.613. The van der Waals surface area contributed by atoms with Crippen molar-refractivity contribution in [2.45, 2.75) is 13.8 Å². The molecule has 0 N–H and O–H groups in total. The second-order valence-corrected chi connectivity index (χ2v) is 12.3. The molecule has 10 heteroatoms. The van der Waals surface area contributed by atoms with E-state index in [0.717, 1.165) is 43.4 Å². The van der Waals surface area contributed by atoms with Gasteiger partial charge in [0.2, 0.25) is 23.1 Å². The molecule has 0 radical (unpaired) electrons. The predicted octanol–water partition coefficient (Wildman–Crippen LogP) is 7.90. The van der Waals surface area contributed by atoms with Crippen LogP contribution in [0.2, 0.25) is 0 Å². The molecule has 2 aromatic heterocycles. The Morgan fingerprint density at radius 1 is 0.548 bits per heavy atom. The largest absolute Gasteiger partial charge is 0.285 e. The van der Waals surface area contributed by atoms with Crippen LogP contribution in [0.15, 0.2) is 36.4 Å². The molecule has 42 heavy (non-hydrogen) atoms. The number of aryl methyl sites for hydroxylation is 2. The molecule has 4 nitrogen and oxygen atoms in total. The van der Waals surface area contributed by atoms with Gasteiger partial charge < -0.3 is 0 Å². The molecule has 0 spiro atoms. The zero-order valence-electron chi connectivity index (χ0n) is 21.6. The number of carbonyl (C=O) groups excluding carboxylic acids is 4. The molecule has 206 valence electrons. The molecule has 2 aliphatic carbocycles. The van der Waals surface area contributed by atoms with Crippen LogP contribution in [0.1, 0.15) is 52.7 Å². The first-order valence-electron chi connectivity index (χ1n) is 12.5. The smallest absolute Gasteiger partial charge is 0.237 e. The molecule has 0 amide bonds. The summed E-state index contributed by atoms with van der Waals surface area (Å²) in [4.78, 5) is 51.4. The Hall–Kier alpha value is -4.54. The van der Waals surface area contributed by atoms with Crippen molar-refractivity contribution in [1.29, 1.82) is 0 Å². The van der Waals surface area contributed by atoms with Crippen LogP contribution in [-0.2, 0) is 9.59 Å². The zero-order valence-corrected chi connectivity index (χ0v) is 23.2. The Bertz CT molecular complexity index is 2020. The Labute approximate surface area is 242 Å². The van der Waals surface area contributed by atoms with Crippen molar-refractivity contribution in [3.8, 4) is 0 Å². The summed E-state index contributed by atoms with van der Waals surface area (Å²) in [7, 11) is 0. The summed E-state index contributed by atoms with van der Waals surface area (Å²) < 4.78 is 58.2. The van der Waals surface area contributed by atoms with E-state index in [9.17, 15) is 36.7 Å². The molecule has 0 atom stereocenters. The Kier molecular flexibility index (Phi) is 5.64. The first-order valence-corrected chi connectivity index (χ1v) is 14.1. The zero-order chi connectivity index (χ0) is 29.8. The number of Topliss-reactive ketones (excluding diaryl/α,β-unsaturated/α-hetero) is 4. The number of carbonyl (C=O) groups is 4. The van der Waals surface area contributed by atoms with Gasteiger partial charge in [-0.2, -0.15) is 0 Å². The molecule has 0 saturated heterocycles. The quantitative estimate of drug-likeness (QED) is 0.117. The second-order valence-electron chi connectivity index (χ2n) is 10.1. The number of benzene rings is 3. The van der Waals surface area contributed by atoms with Crippen LogP contribution in [0.3, 0.4) is 0 Å². The molecule has 0 fully saturated rings. The molecule has 0 aliphatic heterocycles. The molecule has 0 bridgehead atoms. The third-order valence-corrected chi connectivity index (χ3v) is 10.0. The number of hydrogen-bond acceptors (Lipinski definition) is 6. The van der Waals surface area contributed by atoms with Crippen LogP contribution in [0.5, 0.6) is 0 Å². The van der Waals surface area contributed by atoms with Crippen molar-refractivity contribution in [2.24, 2.45) is 0 Å². The van der Waals surface area contributed by atoms with Gasteiger partial charge in [-0.1, -0.05) is 0 Å². The average Bonchev–Trinajstić information content (AvgIpc) is 3.66. The SMILES string of the molecule is Cc1c2cc(/C=C3\C(=O)C(=O)c4c(F)cc(F)cc43)sc2c(C)c2cc(/C=C3\C(=O)C(=O)c4c(F)cc(F)cc43)sc12. The molecule has 0 saturated carbocycles. The van der Waals surface area contributed by atoms with Crippen molar-refractivity contribution >= 4 is 89.3 Å². The van der Waals surface area contributed by atoms with E-state index in [-0.39, 0.29) is 22.3 Å². The molecule has 5 aromatic rings. The number of thiophene rings is 2. The van der Waals surface area contributed by atoms with E-state index >= 15 is 0 Å². The topological polar surface area (TPSA) is 68.3 Å². The number of halogens is 4. The molecule has 0 unspecified atom stereocenters. The van der Waals surface area contributed by atoms with Gasteiger partial charge in [-0.15, -0.1) is 22.7 Å². The van der Waals surface area contributed by atoms with Crippen LogP contribution in [0.4, 0.5) is 17.6 Å². The maximum absolute atomic E-state index is 14.3. The lowest BCUT2D eigenvalue weighted by Gasteiger charge is -2.03. The van der Waals surface area contributed by atoms with Crippen LogP contribution in [0.25, 0.3) is 43.5 Å². The summed E-state index contributed by atoms with van der Waals surface area (Å²) in [5.74, 6) is -7.78. The fourth-order valence-electron chi connectivity index (χ4n) is 5.64. The fraction of sp³-hybridized carbons (Fsp3) is 0.0625. The summed E-state index contributed by atoms with van der Waals surface area (Å²) >= 11 is 2.69. The van der Waals surface area contributed by atoms with Gasteiger partial charge in [0.1, 0.15) is 23.3 Å². The second kappa shape index (κ2) is 8.98. The normalized spacial score (nSPS) is 16.6. The lowest BCUT2D eigenvalue weighted by Crippen LogP contribution is -2.07. The molecule has 3 aromatic carbocycles. The van der Waals surface area contributed by atoms with Gasteiger partial charge in [0.05, 0.1) is 11.1 Å². The summed E-state index contributed by atoms with van der Waals surface area (Å²) in [6, 6.07) is 6.77. The van der Waals surface area contributed by atoms with Crippen molar-refractivity contribution < 1.29 is 36.7 Å². The first-order chi connectivity index (χ1) is 19.9. The number of hydrogen-bond donors (Lipinski definition) is 0. The molecular weight excluding hydrogens is 588 g/mol. The van der Waals surface area contributed by atoms with Crippen molar-refractivity contribution in [3.63, 3.8) is 0 Å². The van der Waals surface area contributed by atoms with Crippen molar-refractivity contribution in [3.05, 3.63) is 103 Å². The summed E-state index contributed by atoms with van der Waals surface area (Å²) in [5, 5.41) is 1.73. The number of fused-ring (bicyclic) bond motifs is 4. The van der Waals surface area contributed by atoms with Gasteiger partial charge in [0.25, 0.3) is 0 Å². The van der Waals surface area contributed by atoms with Gasteiger partial charge in [-0.3, -0.25) is 19.2 Å². The fourth-order valence-corrected chi connectivity index (χ4v) is 7.99. The standard InChI is InChI=1S/C32H14F4O4S2/c1-11-17-7-15(9-21-19-3-13(33)5-23(35)25(19)29(39)27(21)37)42-32(17)12(2)18-8-16(41-31(11)18)10-22-20-4-14(34)6-24(36)26(20)30(40)28(22)38/h3-10H,1-2H3/b21-9-,22-10-. The average molecular weight is 603 g/mol. The van der Waals surface area contributed by atoms with Gasteiger partial charge in [0, 0.05) is 53.6 Å². The van der Waals surface area contributed by atoms with E-state index in [4.69, 9.17) is 0 Å². The molecular formula is C32H14F4O4S2. The molecule has 2 aliphatic rings. The van der Waals surface area contributed by atoms with Gasteiger partial charge in [-0.05, 0) is 72.2 Å². The lowest BCUT2D eigenvalue weighted by molar-refractivity contribution is -0.110.